The van der Waals surface area contributed by atoms with Gasteiger partial charge in [-0.2, -0.15) is 4.98 Å². The standard InChI is InChI=1S/C14H14N4OS/c1-19-10-4-2-9(3-5-10)13-16-14-18(17-13)11-6-7-15-8-12(11)20-14/h2-5,15H,6-8H2,1H3. The summed E-state index contributed by atoms with van der Waals surface area (Å²) in [6, 6.07) is 7.85. The van der Waals surface area contributed by atoms with Crippen molar-refractivity contribution in [3.05, 3.63) is 34.8 Å². The van der Waals surface area contributed by atoms with Gasteiger partial charge >= 0.3 is 0 Å². The molecule has 0 atom stereocenters. The lowest BCUT2D eigenvalue weighted by molar-refractivity contribution is 0.415. The highest BCUT2D eigenvalue weighted by Crippen LogP contribution is 2.27. The highest BCUT2D eigenvalue weighted by Gasteiger charge is 2.19. The third-order valence-corrected chi connectivity index (χ3v) is 4.61. The van der Waals surface area contributed by atoms with E-state index in [1.807, 2.05) is 28.8 Å². The smallest absolute Gasteiger partial charge is 0.213 e. The maximum absolute atomic E-state index is 5.17. The molecule has 0 saturated carbocycles. The minimum absolute atomic E-state index is 0.778. The van der Waals surface area contributed by atoms with Crippen LogP contribution in [0.2, 0.25) is 0 Å². The molecule has 1 N–H and O–H groups in total. The minimum atomic E-state index is 0.778. The van der Waals surface area contributed by atoms with Crippen LogP contribution in [0.4, 0.5) is 0 Å². The van der Waals surface area contributed by atoms with Crippen LogP contribution in [0.15, 0.2) is 24.3 Å². The molecule has 5 nitrogen and oxygen atoms in total. The zero-order valence-corrected chi connectivity index (χ0v) is 11.9. The van der Waals surface area contributed by atoms with Crippen LogP contribution in [0.5, 0.6) is 5.75 Å². The number of aromatic nitrogens is 3. The van der Waals surface area contributed by atoms with Gasteiger partial charge in [0.15, 0.2) is 5.82 Å². The van der Waals surface area contributed by atoms with Crippen LogP contribution < -0.4 is 10.1 Å². The number of fused-ring (bicyclic) bond motifs is 3. The molecule has 0 amide bonds. The van der Waals surface area contributed by atoms with Crippen molar-refractivity contribution in [2.45, 2.75) is 13.0 Å². The van der Waals surface area contributed by atoms with Gasteiger partial charge in [-0.3, -0.25) is 0 Å². The summed E-state index contributed by atoms with van der Waals surface area (Å²) in [6.07, 6.45) is 1.01. The van der Waals surface area contributed by atoms with E-state index in [1.54, 1.807) is 18.4 Å². The SMILES string of the molecule is COc1ccc(-c2nc3sc4c(n3n2)CCNC4)cc1. The Labute approximate surface area is 120 Å². The van der Waals surface area contributed by atoms with Gasteiger partial charge in [0.2, 0.25) is 4.96 Å². The monoisotopic (exact) mass is 286 g/mol. The number of hydrogen-bond donors (Lipinski definition) is 1. The Morgan fingerprint density at radius 2 is 2.15 bits per heavy atom. The number of ether oxygens (including phenoxy) is 1. The molecule has 1 aliphatic heterocycles. The summed E-state index contributed by atoms with van der Waals surface area (Å²) in [6.45, 7) is 1.94. The first kappa shape index (κ1) is 11.9. The number of hydrogen-bond acceptors (Lipinski definition) is 5. The van der Waals surface area contributed by atoms with E-state index in [0.29, 0.717) is 0 Å². The van der Waals surface area contributed by atoms with E-state index in [4.69, 9.17) is 4.74 Å². The Bertz CT molecular complexity index is 759. The minimum Gasteiger partial charge on any atom is -0.497 e. The predicted molar refractivity (Wildman–Crippen MR) is 78.3 cm³/mol. The van der Waals surface area contributed by atoms with Crippen LogP contribution in [-0.4, -0.2) is 28.3 Å². The van der Waals surface area contributed by atoms with E-state index in [-0.39, 0.29) is 0 Å². The number of nitrogens with one attached hydrogen (secondary N) is 1. The molecule has 1 aromatic carbocycles. The van der Waals surface area contributed by atoms with E-state index >= 15 is 0 Å². The molecule has 2 aromatic heterocycles. The summed E-state index contributed by atoms with van der Waals surface area (Å²) >= 11 is 1.73. The molecule has 1 aliphatic rings. The van der Waals surface area contributed by atoms with Crippen LogP contribution in [0.25, 0.3) is 16.3 Å². The second kappa shape index (κ2) is 4.57. The van der Waals surface area contributed by atoms with Gasteiger partial charge < -0.3 is 10.1 Å². The fourth-order valence-corrected chi connectivity index (χ4v) is 3.55. The van der Waals surface area contributed by atoms with E-state index in [1.165, 1.54) is 10.6 Å². The molecule has 0 unspecified atom stereocenters. The molecular weight excluding hydrogens is 272 g/mol. The summed E-state index contributed by atoms with van der Waals surface area (Å²) in [5.74, 6) is 1.62. The normalized spacial score (nSPS) is 14.4. The lowest BCUT2D eigenvalue weighted by atomic mass is 10.2. The van der Waals surface area contributed by atoms with E-state index in [9.17, 15) is 0 Å². The largest absolute Gasteiger partial charge is 0.497 e. The molecule has 4 rings (SSSR count). The maximum Gasteiger partial charge on any atom is 0.213 e. The highest BCUT2D eigenvalue weighted by molar-refractivity contribution is 7.17. The van der Waals surface area contributed by atoms with Crippen molar-refractivity contribution in [3.63, 3.8) is 0 Å². The van der Waals surface area contributed by atoms with Crippen molar-refractivity contribution in [1.82, 2.24) is 19.9 Å². The van der Waals surface area contributed by atoms with Crippen LogP contribution in [0.3, 0.4) is 0 Å². The van der Waals surface area contributed by atoms with Crippen molar-refractivity contribution in [1.29, 1.82) is 0 Å². The van der Waals surface area contributed by atoms with Crippen LogP contribution in [0.1, 0.15) is 10.6 Å². The van der Waals surface area contributed by atoms with E-state index in [0.717, 1.165) is 41.6 Å². The number of benzene rings is 1. The third kappa shape index (κ3) is 1.80. The molecule has 0 spiro atoms. The van der Waals surface area contributed by atoms with Gasteiger partial charge in [0.25, 0.3) is 0 Å². The summed E-state index contributed by atoms with van der Waals surface area (Å²) in [5, 5.41) is 8.04. The Hall–Kier alpha value is -1.92. The fourth-order valence-electron chi connectivity index (χ4n) is 2.48. The molecule has 6 heteroatoms. The Morgan fingerprint density at radius 3 is 2.95 bits per heavy atom. The average molecular weight is 286 g/mol. The van der Waals surface area contributed by atoms with Gasteiger partial charge in [0.05, 0.1) is 12.8 Å². The number of methoxy groups -OCH3 is 1. The van der Waals surface area contributed by atoms with Gasteiger partial charge in [0, 0.05) is 30.0 Å². The van der Waals surface area contributed by atoms with Crippen LogP contribution in [0, 0.1) is 0 Å². The Balaban J connectivity index is 1.78. The molecule has 0 aliphatic carbocycles. The van der Waals surface area contributed by atoms with Crippen molar-refractivity contribution in [3.8, 4) is 17.1 Å². The first-order valence-corrected chi connectivity index (χ1v) is 7.39. The van der Waals surface area contributed by atoms with Gasteiger partial charge in [0.1, 0.15) is 5.75 Å². The zero-order chi connectivity index (χ0) is 13.5. The molecule has 0 radical (unpaired) electrons. The fraction of sp³-hybridized carbons (Fsp3) is 0.286. The quantitative estimate of drug-likeness (QED) is 0.784. The lowest BCUT2D eigenvalue weighted by Gasteiger charge is -2.11. The van der Waals surface area contributed by atoms with Gasteiger partial charge in [-0.05, 0) is 24.3 Å². The Kier molecular flexibility index (Phi) is 2.71. The first-order valence-electron chi connectivity index (χ1n) is 6.57. The van der Waals surface area contributed by atoms with Crippen molar-refractivity contribution in [2.75, 3.05) is 13.7 Å². The summed E-state index contributed by atoms with van der Waals surface area (Å²) in [5.41, 5.74) is 2.32. The molecule has 102 valence electrons. The topological polar surface area (TPSA) is 51.5 Å². The molecular formula is C14H14N4OS. The number of nitrogens with zero attached hydrogens (tertiary/aromatic N) is 3. The number of thiazole rings is 1. The second-order valence-corrected chi connectivity index (χ2v) is 5.82. The van der Waals surface area contributed by atoms with Crippen LogP contribution >= 0.6 is 11.3 Å². The summed E-state index contributed by atoms with van der Waals surface area (Å²) in [7, 11) is 1.67. The first-order chi connectivity index (χ1) is 9.85. The lowest BCUT2D eigenvalue weighted by Crippen LogP contribution is -2.23. The summed E-state index contributed by atoms with van der Waals surface area (Å²) in [4.78, 5) is 6.98. The van der Waals surface area contributed by atoms with E-state index < -0.39 is 0 Å². The molecule has 0 bridgehead atoms. The van der Waals surface area contributed by atoms with E-state index in [2.05, 4.69) is 15.4 Å². The molecule has 0 fully saturated rings. The highest BCUT2D eigenvalue weighted by atomic mass is 32.1. The average Bonchev–Trinajstić information content (AvgIpc) is 3.05. The van der Waals surface area contributed by atoms with Gasteiger partial charge in [-0.1, -0.05) is 11.3 Å². The molecule has 20 heavy (non-hydrogen) atoms. The molecule has 3 aromatic rings. The van der Waals surface area contributed by atoms with Crippen molar-refractivity contribution >= 4 is 16.3 Å². The molecule has 0 saturated heterocycles. The Morgan fingerprint density at radius 1 is 1.30 bits per heavy atom. The van der Waals surface area contributed by atoms with Crippen molar-refractivity contribution in [2.24, 2.45) is 0 Å². The zero-order valence-electron chi connectivity index (χ0n) is 11.1. The third-order valence-electron chi connectivity index (χ3n) is 3.54. The van der Waals surface area contributed by atoms with Gasteiger partial charge in [-0.15, -0.1) is 5.10 Å². The number of rotatable bonds is 2. The predicted octanol–water partition coefficient (Wildman–Crippen LogP) is 2.11. The summed E-state index contributed by atoms with van der Waals surface area (Å²) < 4.78 is 7.17. The molecule has 3 heterocycles. The van der Waals surface area contributed by atoms with Gasteiger partial charge in [-0.25, -0.2) is 4.52 Å². The van der Waals surface area contributed by atoms with Crippen LogP contribution in [-0.2, 0) is 13.0 Å². The second-order valence-electron chi connectivity index (χ2n) is 4.76. The van der Waals surface area contributed by atoms with Crippen molar-refractivity contribution < 1.29 is 4.74 Å². The maximum atomic E-state index is 5.17.